The van der Waals surface area contributed by atoms with Crippen LogP contribution in [0.5, 0.6) is 5.75 Å². The lowest BCUT2D eigenvalue weighted by Gasteiger charge is -2.10. The monoisotopic (exact) mass is 588 g/mol. The fourth-order valence-corrected chi connectivity index (χ4v) is 4.70. The molecule has 2 aromatic carbocycles. The molecule has 1 amide bonds. The van der Waals surface area contributed by atoms with Crippen LogP contribution in [0, 0.1) is 14.9 Å². The third kappa shape index (κ3) is 6.07. The summed E-state index contributed by atoms with van der Waals surface area (Å²) in [5.41, 5.74) is 2.01. The molecule has 0 bridgehead atoms. The van der Waals surface area contributed by atoms with Gasteiger partial charge in [0.25, 0.3) is 0 Å². The zero-order valence-corrected chi connectivity index (χ0v) is 21.5. The van der Waals surface area contributed by atoms with Crippen molar-refractivity contribution in [2.24, 2.45) is 4.99 Å². The fourth-order valence-electron chi connectivity index (χ4n) is 2.97. The molecule has 0 aromatic heterocycles. The number of nitrogens with zero attached hydrogens (tertiary/aromatic N) is 2. The Hall–Kier alpha value is -3.10. The molecule has 3 rings (SSSR count). The van der Waals surface area contributed by atoms with Gasteiger partial charge in [0, 0.05) is 12.0 Å². The number of benzene rings is 2. The summed E-state index contributed by atoms with van der Waals surface area (Å²) in [4.78, 5) is 28.5. The van der Waals surface area contributed by atoms with Crippen molar-refractivity contribution in [3.8, 4) is 11.8 Å². The number of hydrogen-bond donors (Lipinski definition) is 1. The molecule has 174 valence electrons. The lowest BCUT2D eigenvalue weighted by atomic mass is 10.1. The van der Waals surface area contributed by atoms with Crippen LogP contribution in [0.3, 0.4) is 0 Å². The van der Waals surface area contributed by atoms with Crippen LogP contribution < -0.4 is 4.74 Å². The first-order valence-corrected chi connectivity index (χ1v) is 12.3. The molecule has 34 heavy (non-hydrogen) atoms. The number of aliphatic hydroxyl groups is 1. The van der Waals surface area contributed by atoms with E-state index < -0.39 is 11.9 Å². The summed E-state index contributed by atoms with van der Waals surface area (Å²) in [7, 11) is 0. The second-order valence-electron chi connectivity index (χ2n) is 6.97. The van der Waals surface area contributed by atoms with Crippen molar-refractivity contribution in [1.82, 2.24) is 0 Å². The Morgan fingerprint density at radius 3 is 2.68 bits per heavy atom. The van der Waals surface area contributed by atoms with Crippen molar-refractivity contribution in [2.45, 2.75) is 26.9 Å². The van der Waals surface area contributed by atoms with Gasteiger partial charge in [0.05, 0.1) is 26.7 Å². The summed E-state index contributed by atoms with van der Waals surface area (Å²) in [6.07, 6.45) is 1.88. The quantitative estimate of drug-likeness (QED) is 0.334. The number of nitriles is 1. The number of ether oxygens (including phenoxy) is 2. The normalized spacial score (nSPS) is 15.5. The maximum Gasteiger partial charge on any atom is 0.344 e. The molecule has 0 spiro atoms. The minimum Gasteiger partial charge on any atom is -0.506 e. The number of amides is 1. The number of carbonyl (C=O) groups is 2. The lowest BCUT2D eigenvalue weighted by Crippen LogP contribution is -2.14. The molecular formula is C25H21IN2O5S. The topological polar surface area (TPSA) is 109 Å². The first-order chi connectivity index (χ1) is 16.4. The molecule has 1 heterocycles. The second kappa shape index (κ2) is 11.9. The van der Waals surface area contributed by atoms with Gasteiger partial charge in [-0.15, -0.1) is 0 Å². The zero-order chi connectivity index (χ0) is 24.7. The molecule has 2 aromatic rings. The van der Waals surface area contributed by atoms with Crippen LogP contribution in [0.15, 0.2) is 63.7 Å². The Bertz CT molecular complexity index is 1260. The average Bonchev–Trinajstić information content (AvgIpc) is 3.13. The molecule has 9 heteroatoms. The average molecular weight is 588 g/mol. The number of carbonyl (C=O) groups excluding carboxylic acids is 2. The summed E-state index contributed by atoms with van der Waals surface area (Å²) >= 11 is 3.19. The molecule has 0 saturated heterocycles. The van der Waals surface area contributed by atoms with E-state index in [1.54, 1.807) is 38.1 Å². The van der Waals surface area contributed by atoms with Crippen LogP contribution in [-0.4, -0.2) is 28.6 Å². The molecule has 1 N–H and O–H groups in total. The van der Waals surface area contributed by atoms with Crippen molar-refractivity contribution in [1.29, 1.82) is 5.26 Å². The van der Waals surface area contributed by atoms with Gasteiger partial charge in [-0.2, -0.15) is 5.26 Å². The van der Waals surface area contributed by atoms with E-state index in [0.717, 1.165) is 26.5 Å². The van der Waals surface area contributed by atoms with E-state index in [4.69, 9.17) is 9.47 Å². The summed E-state index contributed by atoms with van der Waals surface area (Å²) in [5, 5.41) is 20.0. The number of halogens is 1. The van der Waals surface area contributed by atoms with E-state index >= 15 is 0 Å². The van der Waals surface area contributed by atoms with Crippen LogP contribution in [0.2, 0.25) is 0 Å². The fraction of sp³-hybridized carbons (Fsp3) is 0.200. The number of aliphatic imine (C=N–C) groups is 1. The number of thioether (sulfide) groups is 1. The largest absolute Gasteiger partial charge is 0.506 e. The van der Waals surface area contributed by atoms with Gasteiger partial charge in [-0.3, -0.25) is 4.79 Å². The van der Waals surface area contributed by atoms with E-state index in [1.165, 1.54) is 0 Å². The van der Waals surface area contributed by atoms with Crippen LogP contribution >= 0.6 is 34.4 Å². The maximum absolute atomic E-state index is 12.4. The van der Waals surface area contributed by atoms with Crippen molar-refractivity contribution >= 4 is 57.3 Å². The van der Waals surface area contributed by atoms with Crippen LogP contribution in [0.4, 0.5) is 0 Å². The number of esters is 1. The van der Waals surface area contributed by atoms with E-state index in [9.17, 15) is 20.0 Å². The summed E-state index contributed by atoms with van der Waals surface area (Å²) < 4.78 is 11.8. The Morgan fingerprint density at radius 1 is 1.24 bits per heavy atom. The zero-order valence-electron chi connectivity index (χ0n) is 18.5. The highest BCUT2D eigenvalue weighted by atomic mass is 127. The van der Waals surface area contributed by atoms with Crippen molar-refractivity contribution in [3.05, 3.63) is 79.0 Å². The van der Waals surface area contributed by atoms with Gasteiger partial charge < -0.3 is 14.6 Å². The first kappa shape index (κ1) is 25.5. The highest BCUT2D eigenvalue weighted by Crippen LogP contribution is 2.39. The van der Waals surface area contributed by atoms with E-state index in [2.05, 4.69) is 33.7 Å². The Morgan fingerprint density at radius 2 is 2.00 bits per heavy atom. The number of hydrogen-bond acceptors (Lipinski definition) is 7. The number of aliphatic hydroxyl groups excluding tert-OH is 1. The molecule has 1 aliphatic heterocycles. The molecule has 0 saturated carbocycles. The van der Waals surface area contributed by atoms with Gasteiger partial charge in [-0.25, -0.2) is 9.79 Å². The Kier molecular flexibility index (Phi) is 8.90. The molecule has 0 radical (unpaired) electrons. The number of rotatable bonds is 7. The predicted molar refractivity (Wildman–Crippen MR) is 139 cm³/mol. The van der Waals surface area contributed by atoms with E-state index in [1.807, 2.05) is 24.3 Å². The standard InChI is InChI=1S/C25H21IN2O5S/c1-3-21(29)28-24-22(25(31)32-4-2)23(30)20(34-24)12-15-9-10-19(18(26)11-15)33-14-17-8-6-5-7-16(17)13-27/h5-12,30H,3-4,14H2,1-2H3/b20-12-,28-24?. The molecule has 0 aliphatic carbocycles. The molecule has 0 fully saturated rings. The molecule has 0 atom stereocenters. The molecule has 1 aliphatic rings. The lowest BCUT2D eigenvalue weighted by molar-refractivity contribution is -0.138. The van der Waals surface area contributed by atoms with Crippen molar-refractivity contribution in [2.75, 3.05) is 6.61 Å². The van der Waals surface area contributed by atoms with Crippen molar-refractivity contribution in [3.63, 3.8) is 0 Å². The van der Waals surface area contributed by atoms with Gasteiger partial charge in [0.15, 0.2) is 0 Å². The minimum atomic E-state index is -0.727. The van der Waals surface area contributed by atoms with Gasteiger partial charge in [0.2, 0.25) is 5.91 Å². The van der Waals surface area contributed by atoms with Crippen LogP contribution in [-0.2, 0) is 20.9 Å². The molecule has 7 nitrogen and oxygen atoms in total. The first-order valence-electron chi connectivity index (χ1n) is 10.4. The third-order valence-electron chi connectivity index (χ3n) is 4.67. The Labute approximate surface area is 215 Å². The summed E-state index contributed by atoms with van der Waals surface area (Å²) in [5.74, 6) is -0.742. The molecule has 0 unspecified atom stereocenters. The van der Waals surface area contributed by atoms with Crippen LogP contribution in [0.25, 0.3) is 6.08 Å². The van der Waals surface area contributed by atoms with E-state index in [0.29, 0.717) is 16.2 Å². The SMILES string of the molecule is CCOC(=O)C1=C(O)/C(=C/c2ccc(OCc3ccccc3C#N)c(I)c2)SC1=NC(=O)CC. The van der Waals surface area contributed by atoms with Crippen LogP contribution in [0.1, 0.15) is 37.0 Å². The predicted octanol–water partition coefficient (Wildman–Crippen LogP) is 5.54. The van der Waals surface area contributed by atoms with Crippen molar-refractivity contribution < 1.29 is 24.2 Å². The van der Waals surface area contributed by atoms with Gasteiger partial charge in [-0.1, -0.05) is 43.0 Å². The minimum absolute atomic E-state index is 0.106. The van der Waals surface area contributed by atoms with E-state index in [-0.39, 0.29) is 36.0 Å². The maximum atomic E-state index is 12.4. The smallest absolute Gasteiger partial charge is 0.344 e. The summed E-state index contributed by atoms with van der Waals surface area (Å²) in [6.45, 7) is 3.72. The highest BCUT2D eigenvalue weighted by molar-refractivity contribution is 14.1. The Balaban J connectivity index is 1.85. The highest BCUT2D eigenvalue weighted by Gasteiger charge is 2.33. The molecular weight excluding hydrogens is 567 g/mol. The van der Waals surface area contributed by atoms with Gasteiger partial charge in [-0.05, 0) is 59.4 Å². The summed E-state index contributed by atoms with van der Waals surface area (Å²) in [6, 6.07) is 14.9. The van der Waals surface area contributed by atoms with Gasteiger partial charge in [0.1, 0.15) is 28.7 Å². The third-order valence-corrected chi connectivity index (χ3v) is 6.54. The second-order valence-corrected chi connectivity index (χ2v) is 9.16. The van der Waals surface area contributed by atoms with Gasteiger partial charge >= 0.3 is 5.97 Å².